The molecule has 0 spiro atoms. The molecule has 1 heterocycles. The molecular formula is C16H28BrN3. The van der Waals surface area contributed by atoms with E-state index >= 15 is 0 Å². The van der Waals surface area contributed by atoms with Gasteiger partial charge >= 0.3 is 0 Å². The summed E-state index contributed by atoms with van der Waals surface area (Å²) in [5.41, 5.74) is 1.26. The smallest absolute Gasteiger partial charge is 0.132 e. The van der Waals surface area contributed by atoms with Gasteiger partial charge in [0.25, 0.3) is 0 Å². The Labute approximate surface area is 132 Å². The van der Waals surface area contributed by atoms with Gasteiger partial charge in [-0.05, 0) is 40.4 Å². The van der Waals surface area contributed by atoms with E-state index in [1.807, 2.05) is 6.20 Å². The lowest BCUT2D eigenvalue weighted by Crippen LogP contribution is -2.27. The second-order valence-corrected chi connectivity index (χ2v) is 6.97. The monoisotopic (exact) mass is 341 g/mol. The van der Waals surface area contributed by atoms with Gasteiger partial charge in [0.15, 0.2) is 0 Å². The Morgan fingerprint density at radius 3 is 2.65 bits per heavy atom. The molecule has 1 aromatic rings. The van der Waals surface area contributed by atoms with Gasteiger partial charge in [0.05, 0.1) is 0 Å². The number of pyridine rings is 1. The molecule has 3 nitrogen and oxygen atoms in total. The van der Waals surface area contributed by atoms with Gasteiger partial charge in [-0.3, -0.25) is 0 Å². The van der Waals surface area contributed by atoms with Crippen LogP contribution in [0.1, 0.15) is 39.7 Å². The van der Waals surface area contributed by atoms with E-state index in [9.17, 15) is 0 Å². The predicted octanol–water partition coefficient (Wildman–Crippen LogP) is 4.07. The van der Waals surface area contributed by atoms with Crippen LogP contribution in [0.4, 0.5) is 5.82 Å². The van der Waals surface area contributed by atoms with E-state index < -0.39 is 0 Å². The quantitative estimate of drug-likeness (QED) is 0.772. The van der Waals surface area contributed by atoms with E-state index in [1.54, 1.807) is 0 Å². The highest BCUT2D eigenvalue weighted by Gasteiger charge is 2.12. The normalized spacial score (nSPS) is 12.8. The summed E-state index contributed by atoms with van der Waals surface area (Å²) < 4.78 is 1.04. The molecular weight excluding hydrogens is 314 g/mol. The molecule has 1 aromatic heterocycles. The van der Waals surface area contributed by atoms with Crippen molar-refractivity contribution in [1.82, 2.24) is 10.3 Å². The van der Waals surface area contributed by atoms with Crippen LogP contribution in [-0.4, -0.2) is 25.1 Å². The number of hydrogen-bond donors (Lipinski definition) is 1. The molecule has 1 atom stereocenters. The number of nitrogens with zero attached hydrogens (tertiary/aromatic N) is 2. The lowest BCUT2D eigenvalue weighted by Gasteiger charge is -2.24. The molecule has 0 aliphatic carbocycles. The fraction of sp³-hybridized carbons (Fsp3) is 0.688. The molecule has 0 saturated carbocycles. The first-order chi connectivity index (χ1) is 9.43. The van der Waals surface area contributed by atoms with E-state index in [4.69, 9.17) is 0 Å². The Morgan fingerprint density at radius 1 is 1.35 bits per heavy atom. The molecule has 4 heteroatoms. The second kappa shape index (κ2) is 8.63. The lowest BCUT2D eigenvalue weighted by molar-refractivity contribution is 0.544. The van der Waals surface area contributed by atoms with Crippen molar-refractivity contribution in [1.29, 1.82) is 0 Å². The zero-order valence-electron chi connectivity index (χ0n) is 13.4. The van der Waals surface area contributed by atoms with Crippen molar-refractivity contribution in [2.75, 3.05) is 25.0 Å². The van der Waals surface area contributed by atoms with Gasteiger partial charge < -0.3 is 10.2 Å². The van der Waals surface area contributed by atoms with E-state index in [1.165, 1.54) is 12.0 Å². The summed E-state index contributed by atoms with van der Waals surface area (Å²) >= 11 is 3.52. The second-order valence-electron chi connectivity index (χ2n) is 6.05. The molecule has 114 valence electrons. The number of hydrogen-bond acceptors (Lipinski definition) is 3. The SMILES string of the molecule is CCC(C)CN(C)c1ncc(Br)cc1CNCC(C)C. The molecule has 0 radical (unpaired) electrons. The zero-order valence-corrected chi connectivity index (χ0v) is 15.0. The van der Waals surface area contributed by atoms with Crippen LogP contribution in [0.25, 0.3) is 0 Å². The van der Waals surface area contributed by atoms with Crippen molar-refractivity contribution in [3.63, 3.8) is 0 Å². The van der Waals surface area contributed by atoms with Gasteiger partial charge in [-0.25, -0.2) is 4.98 Å². The Morgan fingerprint density at radius 2 is 2.05 bits per heavy atom. The summed E-state index contributed by atoms with van der Waals surface area (Å²) in [6.07, 6.45) is 3.08. The highest BCUT2D eigenvalue weighted by atomic mass is 79.9. The van der Waals surface area contributed by atoms with Crippen LogP contribution in [0.5, 0.6) is 0 Å². The Balaban J connectivity index is 2.78. The molecule has 20 heavy (non-hydrogen) atoms. The van der Waals surface area contributed by atoms with Crippen molar-refractivity contribution in [2.24, 2.45) is 11.8 Å². The van der Waals surface area contributed by atoms with Gasteiger partial charge in [0.1, 0.15) is 5.82 Å². The average Bonchev–Trinajstić information content (AvgIpc) is 2.38. The van der Waals surface area contributed by atoms with Crippen LogP contribution in [-0.2, 0) is 6.54 Å². The van der Waals surface area contributed by atoms with Crippen LogP contribution in [0, 0.1) is 11.8 Å². The number of nitrogens with one attached hydrogen (secondary N) is 1. The number of halogens is 1. The van der Waals surface area contributed by atoms with Crippen molar-refractivity contribution in [3.05, 3.63) is 22.3 Å². The molecule has 0 aromatic carbocycles. The van der Waals surface area contributed by atoms with Crippen LogP contribution < -0.4 is 10.2 Å². The van der Waals surface area contributed by atoms with Crippen LogP contribution in [0.3, 0.4) is 0 Å². The first kappa shape index (κ1) is 17.4. The molecule has 1 rings (SSSR count). The van der Waals surface area contributed by atoms with E-state index in [2.05, 4.69) is 71.9 Å². The maximum atomic E-state index is 4.60. The standard InChI is InChI=1S/C16H28BrN3/c1-6-13(4)11-20(5)16-14(7-15(17)10-19-16)9-18-8-12(2)3/h7,10,12-13,18H,6,8-9,11H2,1-5H3. The van der Waals surface area contributed by atoms with Gasteiger partial charge in [-0.1, -0.05) is 34.1 Å². The number of anilines is 1. The molecule has 1 N–H and O–H groups in total. The van der Waals surface area contributed by atoms with Gasteiger partial charge in [-0.2, -0.15) is 0 Å². The summed E-state index contributed by atoms with van der Waals surface area (Å²) in [5.74, 6) is 2.43. The maximum Gasteiger partial charge on any atom is 0.132 e. The van der Waals surface area contributed by atoms with Gasteiger partial charge in [0, 0.05) is 36.4 Å². The summed E-state index contributed by atoms with van der Waals surface area (Å²) in [4.78, 5) is 6.87. The number of rotatable bonds is 8. The van der Waals surface area contributed by atoms with E-state index in [0.29, 0.717) is 11.8 Å². The number of aromatic nitrogens is 1. The first-order valence-corrected chi connectivity index (χ1v) is 8.29. The third kappa shape index (κ3) is 5.80. The van der Waals surface area contributed by atoms with Crippen LogP contribution in [0.15, 0.2) is 16.7 Å². The summed E-state index contributed by atoms with van der Waals surface area (Å²) in [6, 6.07) is 2.17. The summed E-state index contributed by atoms with van der Waals surface area (Å²) in [7, 11) is 2.13. The van der Waals surface area contributed by atoms with Crippen LogP contribution in [0.2, 0.25) is 0 Å². The minimum Gasteiger partial charge on any atom is -0.359 e. The Kier molecular flexibility index (Phi) is 7.52. The fourth-order valence-corrected chi connectivity index (χ4v) is 2.51. The average molecular weight is 342 g/mol. The first-order valence-electron chi connectivity index (χ1n) is 7.50. The van der Waals surface area contributed by atoms with Gasteiger partial charge in [-0.15, -0.1) is 0 Å². The van der Waals surface area contributed by atoms with Crippen molar-refractivity contribution in [2.45, 2.75) is 40.7 Å². The zero-order chi connectivity index (χ0) is 15.1. The minimum atomic E-state index is 0.663. The van der Waals surface area contributed by atoms with Crippen LogP contribution >= 0.6 is 15.9 Å². The van der Waals surface area contributed by atoms with Crippen molar-refractivity contribution in [3.8, 4) is 0 Å². The van der Waals surface area contributed by atoms with E-state index in [-0.39, 0.29) is 0 Å². The molecule has 0 aliphatic rings. The summed E-state index contributed by atoms with van der Waals surface area (Å²) in [6.45, 7) is 11.9. The van der Waals surface area contributed by atoms with Crippen molar-refractivity contribution < 1.29 is 0 Å². The highest BCUT2D eigenvalue weighted by molar-refractivity contribution is 9.10. The maximum absolute atomic E-state index is 4.60. The molecule has 0 aliphatic heterocycles. The molecule has 1 unspecified atom stereocenters. The van der Waals surface area contributed by atoms with Gasteiger partial charge in [0.2, 0.25) is 0 Å². The topological polar surface area (TPSA) is 28.2 Å². The summed E-state index contributed by atoms with van der Waals surface area (Å²) in [5, 5.41) is 3.50. The minimum absolute atomic E-state index is 0.663. The molecule has 0 fully saturated rings. The third-order valence-electron chi connectivity index (χ3n) is 3.42. The largest absolute Gasteiger partial charge is 0.359 e. The predicted molar refractivity (Wildman–Crippen MR) is 91.2 cm³/mol. The highest BCUT2D eigenvalue weighted by Crippen LogP contribution is 2.22. The Hall–Kier alpha value is -0.610. The van der Waals surface area contributed by atoms with Crippen molar-refractivity contribution >= 4 is 21.7 Å². The third-order valence-corrected chi connectivity index (χ3v) is 3.86. The molecule has 0 bridgehead atoms. The Bertz CT molecular complexity index is 407. The fourth-order valence-electron chi connectivity index (χ4n) is 2.13. The molecule has 0 saturated heterocycles. The molecule has 0 amide bonds. The van der Waals surface area contributed by atoms with E-state index in [0.717, 1.165) is 29.9 Å². The lowest BCUT2D eigenvalue weighted by atomic mass is 10.1.